The number of hydrogen-bond donors (Lipinski definition) is 0. The highest BCUT2D eigenvalue weighted by atomic mass is 16.5. The van der Waals surface area contributed by atoms with Gasteiger partial charge in [-0.15, -0.1) is 0 Å². The standard InChI is InChI=1S/C18H26O2/c1-4-5-12-20-13-10-15-8-6-7-14-9-11-18(2,3)17(19)16(14)15/h6-8H,4-5,9-13H2,1-3H3/i6D,7D,8D. The summed E-state index contributed by atoms with van der Waals surface area (Å²) in [5.74, 6) is 0.00399. The van der Waals surface area contributed by atoms with E-state index in [9.17, 15) is 4.79 Å². The van der Waals surface area contributed by atoms with Crippen LogP contribution >= 0.6 is 0 Å². The first-order chi connectivity index (χ1) is 10.8. The fourth-order valence-corrected chi connectivity index (χ4v) is 2.55. The Morgan fingerprint density at radius 3 is 2.90 bits per heavy atom. The van der Waals surface area contributed by atoms with Gasteiger partial charge in [0.2, 0.25) is 0 Å². The van der Waals surface area contributed by atoms with E-state index in [1.165, 1.54) is 0 Å². The van der Waals surface area contributed by atoms with Crippen molar-refractivity contribution in [2.75, 3.05) is 13.2 Å². The summed E-state index contributed by atoms with van der Waals surface area (Å²) < 4.78 is 29.9. The molecule has 0 unspecified atom stereocenters. The van der Waals surface area contributed by atoms with E-state index in [4.69, 9.17) is 8.85 Å². The average molecular weight is 277 g/mol. The van der Waals surface area contributed by atoms with Gasteiger partial charge >= 0.3 is 0 Å². The number of Topliss-reactive ketones (excluding diaryl/α,β-unsaturated/α-hetero) is 1. The number of ketones is 1. The molecule has 0 bridgehead atoms. The lowest BCUT2D eigenvalue weighted by Gasteiger charge is -2.31. The third-order valence-electron chi connectivity index (χ3n) is 4.01. The summed E-state index contributed by atoms with van der Waals surface area (Å²) in [6.45, 7) is 7.06. The zero-order valence-electron chi connectivity index (χ0n) is 15.8. The van der Waals surface area contributed by atoms with E-state index in [1.807, 2.05) is 13.8 Å². The Hall–Kier alpha value is -1.15. The number of rotatable bonds is 6. The molecule has 2 nitrogen and oxygen atoms in total. The number of fused-ring (bicyclic) bond motifs is 1. The van der Waals surface area contributed by atoms with Crippen LogP contribution < -0.4 is 0 Å². The minimum Gasteiger partial charge on any atom is -0.381 e. The van der Waals surface area contributed by atoms with Crippen LogP contribution in [0.1, 0.15) is 65.6 Å². The summed E-state index contributed by atoms with van der Waals surface area (Å²) in [5.41, 5.74) is 1.30. The molecular formula is C18H26O2. The van der Waals surface area contributed by atoms with Gasteiger partial charge in [-0.3, -0.25) is 4.79 Å². The van der Waals surface area contributed by atoms with Crippen LogP contribution in [0.15, 0.2) is 18.1 Å². The lowest BCUT2D eigenvalue weighted by Crippen LogP contribution is -2.31. The Bertz CT molecular complexity index is 609. The van der Waals surface area contributed by atoms with E-state index >= 15 is 0 Å². The molecule has 0 radical (unpaired) electrons. The van der Waals surface area contributed by atoms with Crippen molar-refractivity contribution in [3.8, 4) is 0 Å². The van der Waals surface area contributed by atoms with Crippen LogP contribution in [0.2, 0.25) is 0 Å². The third-order valence-corrected chi connectivity index (χ3v) is 4.01. The normalized spacial score (nSPS) is 19.1. The van der Waals surface area contributed by atoms with Gasteiger partial charge in [-0.05, 0) is 36.8 Å². The molecule has 0 N–H and O–H groups in total. The van der Waals surface area contributed by atoms with Crippen molar-refractivity contribution in [3.63, 3.8) is 0 Å². The van der Waals surface area contributed by atoms with Crippen LogP contribution in [0.25, 0.3) is 0 Å². The van der Waals surface area contributed by atoms with Crippen molar-refractivity contribution in [1.82, 2.24) is 0 Å². The van der Waals surface area contributed by atoms with Crippen molar-refractivity contribution in [1.29, 1.82) is 0 Å². The van der Waals surface area contributed by atoms with Gasteiger partial charge in [0, 0.05) is 17.6 Å². The van der Waals surface area contributed by atoms with Gasteiger partial charge < -0.3 is 4.74 Å². The maximum Gasteiger partial charge on any atom is 0.169 e. The smallest absolute Gasteiger partial charge is 0.169 e. The first-order valence-electron chi connectivity index (χ1n) is 9.05. The van der Waals surface area contributed by atoms with Crippen molar-refractivity contribution >= 4 is 5.78 Å². The van der Waals surface area contributed by atoms with Crippen molar-refractivity contribution < 1.29 is 13.6 Å². The first-order valence-corrected chi connectivity index (χ1v) is 7.55. The van der Waals surface area contributed by atoms with Gasteiger partial charge in [0.15, 0.2) is 5.78 Å². The fourth-order valence-electron chi connectivity index (χ4n) is 2.55. The molecule has 0 aliphatic heterocycles. The quantitative estimate of drug-likeness (QED) is 0.728. The minimum absolute atomic E-state index is 0.00399. The monoisotopic (exact) mass is 277 g/mol. The molecule has 110 valence electrons. The van der Waals surface area contributed by atoms with Crippen LogP contribution in [0.4, 0.5) is 0 Å². The van der Waals surface area contributed by atoms with Gasteiger partial charge in [0.1, 0.15) is 0 Å². The van der Waals surface area contributed by atoms with Crippen molar-refractivity contribution in [3.05, 3.63) is 34.8 Å². The third kappa shape index (κ3) is 3.29. The van der Waals surface area contributed by atoms with E-state index in [0.717, 1.165) is 12.8 Å². The Morgan fingerprint density at radius 2 is 2.15 bits per heavy atom. The number of ether oxygens (including phenoxy) is 1. The second-order valence-electron chi connectivity index (χ2n) is 6.14. The van der Waals surface area contributed by atoms with E-state index in [1.54, 1.807) is 0 Å². The summed E-state index contributed by atoms with van der Waals surface area (Å²) in [6, 6.07) is -0.0109. The average Bonchev–Trinajstić information content (AvgIpc) is 2.51. The molecule has 0 amide bonds. The molecule has 1 aromatic carbocycles. The molecule has 1 aromatic rings. The number of unbranched alkanes of at least 4 members (excludes halogenated alkanes) is 1. The molecule has 1 aliphatic rings. The predicted molar refractivity (Wildman–Crippen MR) is 82.3 cm³/mol. The topological polar surface area (TPSA) is 26.3 Å². The molecule has 0 saturated carbocycles. The molecule has 0 atom stereocenters. The van der Waals surface area contributed by atoms with Crippen LogP contribution in [0, 0.1) is 5.41 Å². The second kappa shape index (κ2) is 6.53. The fraction of sp³-hybridized carbons (Fsp3) is 0.611. The van der Waals surface area contributed by atoms with Crippen molar-refractivity contribution in [2.24, 2.45) is 5.41 Å². The molecule has 0 aromatic heterocycles. The van der Waals surface area contributed by atoms with Crippen molar-refractivity contribution in [2.45, 2.75) is 52.9 Å². The van der Waals surface area contributed by atoms with Gasteiger partial charge in [-0.2, -0.15) is 0 Å². The maximum absolute atomic E-state index is 12.8. The maximum atomic E-state index is 12.8. The number of carbonyl (C=O) groups excluding carboxylic acids is 1. The molecule has 1 aliphatic carbocycles. The van der Waals surface area contributed by atoms with E-state index in [0.29, 0.717) is 49.2 Å². The van der Waals surface area contributed by atoms with Crippen LogP contribution in [-0.4, -0.2) is 19.0 Å². The Balaban J connectivity index is 2.37. The lowest BCUT2D eigenvalue weighted by atomic mass is 9.72. The largest absolute Gasteiger partial charge is 0.381 e. The summed E-state index contributed by atoms with van der Waals surface area (Å²) in [4.78, 5) is 12.8. The number of benzene rings is 1. The Morgan fingerprint density at radius 1 is 1.35 bits per heavy atom. The summed E-state index contributed by atoms with van der Waals surface area (Å²) >= 11 is 0. The molecule has 0 spiro atoms. The first kappa shape index (κ1) is 11.5. The SMILES string of the molecule is [2H]c1c([2H])c(CCOCCCC)c2c(c1[2H])CCC(C)(C)C2=O. The van der Waals surface area contributed by atoms with E-state index in [2.05, 4.69) is 6.92 Å². The molecule has 0 fully saturated rings. The Labute approximate surface area is 126 Å². The highest BCUT2D eigenvalue weighted by molar-refractivity contribution is 6.03. The molecule has 0 saturated heterocycles. The van der Waals surface area contributed by atoms with Crippen LogP contribution in [0.3, 0.4) is 0 Å². The van der Waals surface area contributed by atoms with E-state index in [-0.39, 0.29) is 23.9 Å². The van der Waals surface area contributed by atoms with Crippen LogP contribution in [-0.2, 0) is 17.6 Å². The van der Waals surface area contributed by atoms with Gasteiger partial charge in [-0.1, -0.05) is 45.3 Å². The minimum atomic E-state index is -0.465. The zero-order chi connectivity index (χ0) is 17.2. The highest BCUT2D eigenvalue weighted by Crippen LogP contribution is 2.36. The lowest BCUT2D eigenvalue weighted by molar-refractivity contribution is 0.0808. The van der Waals surface area contributed by atoms with Gasteiger partial charge in [-0.25, -0.2) is 0 Å². The number of hydrogen-bond acceptors (Lipinski definition) is 2. The summed E-state index contributed by atoms with van der Waals surface area (Å²) in [7, 11) is 0. The molecule has 0 heterocycles. The Kier molecular flexibility index (Phi) is 3.76. The molecular weight excluding hydrogens is 248 g/mol. The highest BCUT2D eigenvalue weighted by Gasteiger charge is 2.35. The summed E-state index contributed by atoms with van der Waals surface area (Å²) in [6.07, 6.45) is 3.83. The molecule has 20 heavy (non-hydrogen) atoms. The zero-order valence-corrected chi connectivity index (χ0v) is 12.8. The molecule has 2 heteroatoms. The summed E-state index contributed by atoms with van der Waals surface area (Å²) in [5, 5.41) is 0. The molecule has 2 rings (SSSR count). The van der Waals surface area contributed by atoms with E-state index < -0.39 is 5.41 Å². The predicted octanol–water partition coefficient (Wildman–Crippen LogP) is 4.20. The van der Waals surface area contributed by atoms with Gasteiger partial charge in [0.05, 0.1) is 10.7 Å². The van der Waals surface area contributed by atoms with Gasteiger partial charge in [0.25, 0.3) is 0 Å². The van der Waals surface area contributed by atoms with Crippen LogP contribution in [0.5, 0.6) is 0 Å². The number of carbonyl (C=O) groups is 1. The second-order valence-corrected chi connectivity index (χ2v) is 6.14.